The third kappa shape index (κ3) is 4.31. The zero-order chi connectivity index (χ0) is 26.4. The summed E-state index contributed by atoms with van der Waals surface area (Å²) in [7, 11) is 1.71. The number of methoxy groups -OCH3 is 1. The van der Waals surface area contributed by atoms with Crippen LogP contribution in [-0.4, -0.2) is 49.4 Å². The fourth-order valence-electron chi connectivity index (χ4n) is 5.61. The van der Waals surface area contributed by atoms with Crippen LogP contribution in [0.2, 0.25) is 0 Å². The van der Waals surface area contributed by atoms with Gasteiger partial charge in [-0.1, -0.05) is 55.7 Å². The number of ether oxygens (including phenoxy) is 2. The first-order chi connectivity index (χ1) is 18.4. The maximum absolute atomic E-state index is 13.3. The highest BCUT2D eigenvalue weighted by molar-refractivity contribution is 6.01. The van der Waals surface area contributed by atoms with Crippen molar-refractivity contribution in [2.75, 3.05) is 20.3 Å². The van der Waals surface area contributed by atoms with Gasteiger partial charge in [-0.2, -0.15) is 0 Å². The van der Waals surface area contributed by atoms with E-state index < -0.39 is 17.0 Å². The minimum absolute atomic E-state index is 0.186. The van der Waals surface area contributed by atoms with E-state index in [2.05, 4.69) is 34.9 Å². The molecule has 0 radical (unpaired) electrons. The molecule has 3 fully saturated rings. The molecule has 3 N–H and O–H groups in total. The molecule has 1 aliphatic heterocycles. The van der Waals surface area contributed by atoms with E-state index in [0.717, 1.165) is 54.2 Å². The number of hydrogen-bond donors (Lipinski definition) is 3. The Balaban J connectivity index is 1.21. The van der Waals surface area contributed by atoms with E-state index in [1.54, 1.807) is 13.2 Å². The molecule has 2 saturated carbocycles. The second kappa shape index (κ2) is 9.36. The van der Waals surface area contributed by atoms with E-state index in [0.29, 0.717) is 31.6 Å². The summed E-state index contributed by atoms with van der Waals surface area (Å²) in [5.74, 6) is -0.404. The zero-order valence-corrected chi connectivity index (χ0v) is 21.6. The molecule has 38 heavy (non-hydrogen) atoms. The second-order valence-corrected chi connectivity index (χ2v) is 11.0. The van der Waals surface area contributed by atoms with Crippen molar-refractivity contribution in [2.45, 2.75) is 61.6 Å². The van der Waals surface area contributed by atoms with Gasteiger partial charge in [-0.05, 0) is 54.5 Å². The summed E-state index contributed by atoms with van der Waals surface area (Å²) < 4.78 is 17.0. The number of carbonyl (C=O) groups excluding carboxylic acids is 2. The van der Waals surface area contributed by atoms with E-state index in [-0.39, 0.29) is 17.3 Å². The van der Waals surface area contributed by atoms with Crippen LogP contribution < -0.4 is 10.6 Å². The van der Waals surface area contributed by atoms with Crippen LogP contribution in [0.3, 0.4) is 0 Å². The molecule has 2 amide bonds. The van der Waals surface area contributed by atoms with Gasteiger partial charge in [0.15, 0.2) is 5.76 Å². The van der Waals surface area contributed by atoms with E-state index in [1.807, 2.05) is 18.2 Å². The minimum Gasteiger partial charge on any atom is -0.451 e. The summed E-state index contributed by atoms with van der Waals surface area (Å²) in [4.78, 5) is 26.7. The normalized spacial score (nSPS) is 20.8. The summed E-state index contributed by atoms with van der Waals surface area (Å²) in [5, 5.41) is 14.5. The van der Waals surface area contributed by atoms with Crippen LogP contribution >= 0.6 is 0 Å². The van der Waals surface area contributed by atoms with Crippen molar-refractivity contribution in [3.63, 3.8) is 0 Å². The van der Waals surface area contributed by atoms with Gasteiger partial charge in [-0.3, -0.25) is 9.59 Å². The molecule has 0 atom stereocenters. The Hall–Kier alpha value is -3.49. The molecule has 2 aromatic carbocycles. The Kier molecular flexibility index (Phi) is 6.12. The lowest BCUT2D eigenvalue weighted by atomic mass is 9.80. The van der Waals surface area contributed by atoms with Crippen molar-refractivity contribution in [2.24, 2.45) is 0 Å². The van der Waals surface area contributed by atoms with E-state index in [1.165, 1.54) is 6.21 Å². The Morgan fingerprint density at radius 1 is 0.921 bits per heavy atom. The number of nitrogens with one attached hydrogen (secondary N) is 3. The van der Waals surface area contributed by atoms with Crippen LogP contribution in [0, 0.1) is 5.41 Å². The number of hydrogen-bond acceptors (Lipinski definition) is 6. The number of carbonyl (C=O) groups is 2. The smallest absolute Gasteiger partial charge is 0.287 e. The first-order valence-electron chi connectivity index (χ1n) is 13.3. The SMILES string of the molecule is COC1(c2ccc(-c3ccc4cc(C(=O)NC5(C(=O)NC6(C=N)CC6)CCCCC5)oc4c3)cc2)COC1. The Morgan fingerprint density at radius 3 is 2.24 bits per heavy atom. The van der Waals surface area contributed by atoms with Gasteiger partial charge in [0.25, 0.3) is 5.91 Å². The number of benzene rings is 2. The summed E-state index contributed by atoms with van der Waals surface area (Å²) in [6, 6.07) is 15.8. The molecule has 198 valence electrons. The number of fused-ring (bicyclic) bond motifs is 1. The molecular weight excluding hydrogens is 482 g/mol. The Morgan fingerprint density at radius 2 is 1.63 bits per heavy atom. The van der Waals surface area contributed by atoms with E-state index in [4.69, 9.17) is 19.3 Å². The third-order valence-corrected chi connectivity index (χ3v) is 8.47. The molecule has 0 bridgehead atoms. The molecule has 2 heterocycles. The monoisotopic (exact) mass is 515 g/mol. The molecule has 8 heteroatoms. The van der Waals surface area contributed by atoms with Crippen LogP contribution in [0.1, 0.15) is 61.1 Å². The molecule has 3 aromatic rings. The van der Waals surface area contributed by atoms with Gasteiger partial charge in [0, 0.05) is 18.7 Å². The van der Waals surface area contributed by atoms with Gasteiger partial charge in [-0.25, -0.2) is 0 Å². The predicted octanol–water partition coefficient (Wildman–Crippen LogP) is 4.70. The molecular formula is C30H33N3O5. The van der Waals surface area contributed by atoms with Crippen LogP contribution in [0.4, 0.5) is 0 Å². The summed E-state index contributed by atoms with van der Waals surface area (Å²) in [6.45, 7) is 1.11. The minimum atomic E-state index is -0.981. The van der Waals surface area contributed by atoms with Crippen molar-refractivity contribution in [1.82, 2.24) is 10.6 Å². The lowest BCUT2D eigenvalue weighted by molar-refractivity contribution is -0.202. The topological polar surface area (TPSA) is 114 Å². The van der Waals surface area contributed by atoms with Gasteiger partial charge in [0.05, 0.1) is 18.8 Å². The largest absolute Gasteiger partial charge is 0.451 e. The molecule has 8 nitrogen and oxygen atoms in total. The van der Waals surface area contributed by atoms with Crippen LogP contribution in [0.5, 0.6) is 0 Å². The molecule has 1 aromatic heterocycles. The lowest BCUT2D eigenvalue weighted by Crippen LogP contribution is -2.61. The van der Waals surface area contributed by atoms with Crippen molar-refractivity contribution >= 4 is 29.0 Å². The summed E-state index contributed by atoms with van der Waals surface area (Å²) in [5.41, 5.74) is 1.81. The standard InChI is InChI=1S/C30H33N3O5/c1-36-30(18-37-19-30)23-9-7-20(8-10-23)21-5-6-22-16-25(38-24(22)15-21)26(34)32-29(11-3-2-4-12-29)27(35)33-28(17-31)13-14-28/h5-10,15-17,31H,2-4,11-14,18-19H2,1H3,(H,32,34)(H,33,35). The van der Waals surface area contributed by atoms with Crippen LogP contribution in [0.15, 0.2) is 52.9 Å². The van der Waals surface area contributed by atoms with Gasteiger partial charge in [-0.15, -0.1) is 0 Å². The van der Waals surface area contributed by atoms with Gasteiger partial charge in [0.2, 0.25) is 5.91 Å². The quantitative estimate of drug-likeness (QED) is 0.376. The average Bonchev–Trinajstić information content (AvgIpc) is 3.56. The first-order valence-corrected chi connectivity index (χ1v) is 13.3. The van der Waals surface area contributed by atoms with Crippen LogP contribution in [0.25, 0.3) is 22.1 Å². The maximum Gasteiger partial charge on any atom is 0.287 e. The summed E-state index contributed by atoms with van der Waals surface area (Å²) in [6.07, 6.45) is 6.77. The first kappa shape index (κ1) is 24.8. The highest BCUT2D eigenvalue weighted by atomic mass is 16.6. The molecule has 0 unspecified atom stereocenters. The van der Waals surface area contributed by atoms with E-state index in [9.17, 15) is 9.59 Å². The van der Waals surface area contributed by atoms with Crippen molar-refractivity contribution < 1.29 is 23.5 Å². The predicted molar refractivity (Wildman–Crippen MR) is 143 cm³/mol. The lowest BCUT2D eigenvalue weighted by Gasteiger charge is -2.40. The Labute approximate surface area is 221 Å². The van der Waals surface area contributed by atoms with Gasteiger partial charge >= 0.3 is 0 Å². The highest BCUT2D eigenvalue weighted by Crippen LogP contribution is 2.37. The number of amides is 2. The molecule has 2 aliphatic carbocycles. The molecule has 3 aliphatic rings. The van der Waals surface area contributed by atoms with Crippen molar-refractivity contribution in [3.05, 3.63) is 59.9 Å². The van der Waals surface area contributed by atoms with Crippen molar-refractivity contribution in [1.29, 1.82) is 5.41 Å². The van der Waals surface area contributed by atoms with Crippen LogP contribution in [-0.2, 0) is 19.9 Å². The fraction of sp³-hybridized carbons (Fsp3) is 0.433. The summed E-state index contributed by atoms with van der Waals surface area (Å²) >= 11 is 0. The van der Waals surface area contributed by atoms with Gasteiger partial charge < -0.3 is 29.9 Å². The number of rotatable bonds is 8. The highest BCUT2D eigenvalue weighted by Gasteiger charge is 2.48. The fourth-order valence-corrected chi connectivity index (χ4v) is 5.61. The maximum atomic E-state index is 13.3. The average molecular weight is 516 g/mol. The van der Waals surface area contributed by atoms with Crippen molar-refractivity contribution in [3.8, 4) is 11.1 Å². The zero-order valence-electron chi connectivity index (χ0n) is 21.6. The Bertz CT molecular complexity index is 1370. The number of furan rings is 1. The molecule has 1 saturated heterocycles. The third-order valence-electron chi connectivity index (χ3n) is 8.47. The second-order valence-electron chi connectivity index (χ2n) is 11.0. The van der Waals surface area contributed by atoms with E-state index >= 15 is 0 Å². The van der Waals surface area contributed by atoms with Gasteiger partial charge in [0.1, 0.15) is 16.7 Å². The molecule has 6 rings (SSSR count). The molecule has 0 spiro atoms.